The molecular formula is C19H29N3O3. The van der Waals surface area contributed by atoms with Gasteiger partial charge in [-0.3, -0.25) is 9.59 Å². The fourth-order valence-electron chi connectivity index (χ4n) is 2.84. The summed E-state index contributed by atoms with van der Waals surface area (Å²) in [7, 11) is 0. The number of unbranched alkanes of at least 4 members (excludes halogenated alkanes) is 3. The van der Waals surface area contributed by atoms with Crippen molar-refractivity contribution in [1.82, 2.24) is 5.32 Å². The van der Waals surface area contributed by atoms with Crippen LogP contribution in [0.2, 0.25) is 0 Å². The van der Waals surface area contributed by atoms with Gasteiger partial charge in [-0.15, -0.1) is 0 Å². The van der Waals surface area contributed by atoms with E-state index in [1.54, 1.807) is 0 Å². The highest BCUT2D eigenvalue weighted by atomic mass is 16.5. The van der Waals surface area contributed by atoms with E-state index in [2.05, 4.69) is 10.6 Å². The highest BCUT2D eigenvalue weighted by Crippen LogP contribution is 2.16. The molecule has 138 valence electrons. The fraction of sp³-hybridized carbons (Fsp3) is 0.579. The Morgan fingerprint density at radius 2 is 2.04 bits per heavy atom. The quantitative estimate of drug-likeness (QED) is 0.566. The zero-order valence-electron chi connectivity index (χ0n) is 14.8. The summed E-state index contributed by atoms with van der Waals surface area (Å²) >= 11 is 0. The number of hydrogen-bond acceptors (Lipinski definition) is 4. The van der Waals surface area contributed by atoms with E-state index in [9.17, 15) is 9.59 Å². The summed E-state index contributed by atoms with van der Waals surface area (Å²) in [6.07, 6.45) is 5.92. The largest absolute Gasteiger partial charge is 0.368 e. The molecule has 1 unspecified atom stereocenters. The zero-order chi connectivity index (χ0) is 17.9. The molecule has 2 amide bonds. The Bertz CT molecular complexity index is 557. The van der Waals surface area contributed by atoms with Crippen LogP contribution in [0.3, 0.4) is 0 Å². The lowest BCUT2D eigenvalue weighted by Gasteiger charge is -2.12. The number of nitrogens with one attached hydrogen (secondary N) is 2. The van der Waals surface area contributed by atoms with Crippen molar-refractivity contribution in [2.24, 2.45) is 5.73 Å². The predicted octanol–water partition coefficient (Wildman–Crippen LogP) is 2.33. The van der Waals surface area contributed by atoms with Crippen molar-refractivity contribution in [3.8, 4) is 0 Å². The molecule has 4 N–H and O–H groups in total. The van der Waals surface area contributed by atoms with Gasteiger partial charge in [-0.1, -0.05) is 25.0 Å². The van der Waals surface area contributed by atoms with Crippen molar-refractivity contribution in [2.45, 2.75) is 57.6 Å². The molecule has 1 aliphatic heterocycles. The van der Waals surface area contributed by atoms with E-state index >= 15 is 0 Å². The van der Waals surface area contributed by atoms with Crippen LogP contribution in [0.25, 0.3) is 0 Å². The van der Waals surface area contributed by atoms with E-state index in [0.717, 1.165) is 49.8 Å². The van der Waals surface area contributed by atoms with Gasteiger partial charge in [0.2, 0.25) is 5.91 Å². The van der Waals surface area contributed by atoms with E-state index in [1.165, 1.54) is 0 Å². The number of benzene rings is 1. The van der Waals surface area contributed by atoms with Crippen LogP contribution in [0.5, 0.6) is 0 Å². The smallest absolute Gasteiger partial charge is 0.253 e. The van der Waals surface area contributed by atoms with Crippen molar-refractivity contribution >= 4 is 17.5 Å². The normalized spacial score (nSPS) is 16.6. The first-order valence-electron chi connectivity index (χ1n) is 9.17. The number of amides is 2. The van der Waals surface area contributed by atoms with E-state index in [1.807, 2.05) is 24.3 Å². The Morgan fingerprint density at radius 1 is 1.20 bits per heavy atom. The van der Waals surface area contributed by atoms with Gasteiger partial charge < -0.3 is 21.1 Å². The second kappa shape index (κ2) is 10.8. The van der Waals surface area contributed by atoms with E-state index in [0.29, 0.717) is 26.1 Å². The topological polar surface area (TPSA) is 93.5 Å². The number of carbonyl (C=O) groups excluding carboxylic acids is 2. The van der Waals surface area contributed by atoms with Crippen molar-refractivity contribution in [3.05, 3.63) is 29.8 Å². The lowest BCUT2D eigenvalue weighted by Crippen LogP contribution is -2.27. The molecule has 0 bridgehead atoms. The number of rotatable bonds is 10. The maximum Gasteiger partial charge on any atom is 0.253 e. The molecule has 0 aromatic heterocycles. The van der Waals surface area contributed by atoms with Gasteiger partial charge in [0.15, 0.2) is 0 Å². The molecule has 1 aromatic carbocycles. The first-order valence-corrected chi connectivity index (χ1v) is 9.17. The van der Waals surface area contributed by atoms with Gasteiger partial charge in [-0.25, -0.2) is 0 Å². The van der Waals surface area contributed by atoms with Crippen LogP contribution in [-0.2, 0) is 20.9 Å². The van der Waals surface area contributed by atoms with Gasteiger partial charge in [0, 0.05) is 25.3 Å². The molecule has 1 aliphatic rings. The average molecular weight is 347 g/mol. The molecule has 6 heteroatoms. The van der Waals surface area contributed by atoms with Crippen molar-refractivity contribution in [2.75, 3.05) is 18.5 Å². The van der Waals surface area contributed by atoms with E-state index in [4.69, 9.17) is 10.5 Å². The van der Waals surface area contributed by atoms with Gasteiger partial charge in [0.05, 0.1) is 0 Å². The lowest BCUT2D eigenvalue weighted by atomic mass is 10.1. The first kappa shape index (κ1) is 19.4. The van der Waals surface area contributed by atoms with E-state index < -0.39 is 0 Å². The van der Waals surface area contributed by atoms with Crippen LogP contribution in [0.1, 0.15) is 50.5 Å². The molecular weight excluding hydrogens is 318 g/mol. The van der Waals surface area contributed by atoms with Gasteiger partial charge in [-0.2, -0.15) is 0 Å². The third-order valence-corrected chi connectivity index (χ3v) is 4.26. The standard InChI is InChI=1S/C19H29N3O3/c20-11-4-2-1-3-10-18(23)21-14-15-7-5-8-16(13-15)22-19(24)17-9-6-12-25-17/h5,7-8,13,17H,1-4,6,9-12,14,20H2,(H,21,23)(H,22,24). The highest BCUT2D eigenvalue weighted by Gasteiger charge is 2.23. The third kappa shape index (κ3) is 7.23. The second-order valence-corrected chi connectivity index (χ2v) is 6.42. The summed E-state index contributed by atoms with van der Waals surface area (Å²) in [6, 6.07) is 7.53. The average Bonchev–Trinajstić information content (AvgIpc) is 3.15. The van der Waals surface area contributed by atoms with Gasteiger partial charge in [0.1, 0.15) is 6.10 Å². The lowest BCUT2D eigenvalue weighted by molar-refractivity contribution is -0.124. The summed E-state index contributed by atoms with van der Waals surface area (Å²) in [5.74, 6) is -0.0438. The Morgan fingerprint density at radius 3 is 2.80 bits per heavy atom. The molecule has 0 radical (unpaired) electrons. The van der Waals surface area contributed by atoms with Crippen molar-refractivity contribution in [1.29, 1.82) is 0 Å². The Kier molecular flexibility index (Phi) is 8.42. The summed E-state index contributed by atoms with van der Waals surface area (Å²) in [6.45, 7) is 1.83. The Labute approximate surface area is 149 Å². The number of anilines is 1. The minimum absolute atomic E-state index is 0.0570. The molecule has 0 spiro atoms. The molecule has 25 heavy (non-hydrogen) atoms. The number of hydrogen-bond donors (Lipinski definition) is 3. The third-order valence-electron chi connectivity index (χ3n) is 4.26. The molecule has 0 aliphatic carbocycles. The molecule has 1 heterocycles. The van der Waals surface area contributed by atoms with Gasteiger partial charge in [-0.05, 0) is 49.9 Å². The molecule has 6 nitrogen and oxygen atoms in total. The van der Waals surface area contributed by atoms with Crippen LogP contribution >= 0.6 is 0 Å². The predicted molar refractivity (Wildman–Crippen MR) is 98.0 cm³/mol. The zero-order valence-corrected chi connectivity index (χ0v) is 14.8. The van der Waals surface area contributed by atoms with Crippen LogP contribution in [0, 0.1) is 0 Å². The van der Waals surface area contributed by atoms with Crippen LogP contribution in [-0.4, -0.2) is 31.1 Å². The highest BCUT2D eigenvalue weighted by molar-refractivity contribution is 5.94. The van der Waals surface area contributed by atoms with E-state index in [-0.39, 0.29) is 17.9 Å². The number of ether oxygens (including phenoxy) is 1. The number of carbonyl (C=O) groups is 2. The van der Waals surface area contributed by atoms with Crippen molar-refractivity contribution in [3.63, 3.8) is 0 Å². The van der Waals surface area contributed by atoms with Gasteiger partial charge >= 0.3 is 0 Å². The van der Waals surface area contributed by atoms with Crippen molar-refractivity contribution < 1.29 is 14.3 Å². The molecule has 1 aromatic rings. The molecule has 0 saturated carbocycles. The number of nitrogens with two attached hydrogens (primary N) is 1. The summed E-state index contributed by atoms with van der Waals surface area (Å²) in [5, 5.41) is 5.80. The monoisotopic (exact) mass is 347 g/mol. The molecule has 1 fully saturated rings. The minimum atomic E-state index is -0.345. The maximum atomic E-state index is 12.1. The summed E-state index contributed by atoms with van der Waals surface area (Å²) in [4.78, 5) is 23.9. The molecule has 1 saturated heterocycles. The Hall–Kier alpha value is -1.92. The minimum Gasteiger partial charge on any atom is -0.368 e. The summed E-state index contributed by atoms with van der Waals surface area (Å²) < 4.78 is 5.38. The fourth-order valence-corrected chi connectivity index (χ4v) is 2.84. The van der Waals surface area contributed by atoms with Crippen LogP contribution < -0.4 is 16.4 Å². The first-order chi connectivity index (χ1) is 12.2. The summed E-state index contributed by atoms with van der Waals surface area (Å²) in [5.41, 5.74) is 7.14. The molecule has 1 atom stereocenters. The van der Waals surface area contributed by atoms with Gasteiger partial charge in [0.25, 0.3) is 5.91 Å². The van der Waals surface area contributed by atoms with Crippen LogP contribution in [0.15, 0.2) is 24.3 Å². The maximum absolute atomic E-state index is 12.1. The second-order valence-electron chi connectivity index (χ2n) is 6.42. The molecule has 2 rings (SSSR count). The SMILES string of the molecule is NCCCCCCC(=O)NCc1cccc(NC(=O)C2CCCO2)c1. The Balaban J connectivity index is 1.71. The van der Waals surface area contributed by atoms with Crippen LogP contribution in [0.4, 0.5) is 5.69 Å².